The van der Waals surface area contributed by atoms with E-state index in [0.29, 0.717) is 5.69 Å². The quantitative estimate of drug-likeness (QED) is 0.812. The highest BCUT2D eigenvalue weighted by molar-refractivity contribution is 9.10. The van der Waals surface area contributed by atoms with Crippen LogP contribution in [0.15, 0.2) is 51.8 Å². The number of anilines is 1. The fraction of sp³-hybridized carbons (Fsp3) is 0.200. The van der Waals surface area contributed by atoms with E-state index >= 15 is 0 Å². The van der Waals surface area contributed by atoms with E-state index in [1.807, 2.05) is 31.2 Å². The van der Waals surface area contributed by atoms with Crippen LogP contribution in [0, 0.1) is 6.92 Å². The van der Waals surface area contributed by atoms with Gasteiger partial charge in [0.1, 0.15) is 0 Å². The van der Waals surface area contributed by atoms with E-state index in [1.54, 1.807) is 19.1 Å². The number of nitrogen functional groups attached to an aromatic ring is 1. The molecule has 0 fully saturated rings. The van der Waals surface area contributed by atoms with E-state index in [1.165, 1.54) is 6.07 Å². The normalized spacial score (nSPS) is 13.1. The molecule has 0 aliphatic heterocycles. The Hall–Kier alpha value is -1.37. The van der Waals surface area contributed by atoms with Gasteiger partial charge in [-0.05, 0) is 49.2 Å². The van der Waals surface area contributed by atoms with Gasteiger partial charge in [-0.1, -0.05) is 34.1 Å². The first kappa shape index (κ1) is 16.0. The van der Waals surface area contributed by atoms with Crippen LogP contribution in [0.5, 0.6) is 0 Å². The third kappa shape index (κ3) is 3.84. The van der Waals surface area contributed by atoms with Crippen LogP contribution in [0.25, 0.3) is 0 Å². The lowest BCUT2D eigenvalue weighted by molar-refractivity contribution is 0.567. The Morgan fingerprint density at radius 3 is 2.33 bits per heavy atom. The molecule has 112 valence electrons. The van der Waals surface area contributed by atoms with E-state index < -0.39 is 10.0 Å². The van der Waals surface area contributed by atoms with E-state index in [4.69, 9.17) is 5.73 Å². The number of rotatable bonds is 4. The summed E-state index contributed by atoms with van der Waals surface area (Å²) in [6.07, 6.45) is 0. The minimum absolute atomic E-state index is 0.176. The Morgan fingerprint density at radius 2 is 1.76 bits per heavy atom. The summed E-state index contributed by atoms with van der Waals surface area (Å²) >= 11 is 3.35. The highest BCUT2D eigenvalue weighted by Crippen LogP contribution is 2.21. The van der Waals surface area contributed by atoms with Crippen molar-refractivity contribution in [3.05, 3.63) is 58.1 Å². The summed E-state index contributed by atoms with van der Waals surface area (Å²) in [5, 5.41) is 0. The van der Waals surface area contributed by atoms with Gasteiger partial charge in [0.15, 0.2) is 0 Å². The number of aryl methyl sites for hydroxylation is 1. The van der Waals surface area contributed by atoms with Gasteiger partial charge in [-0.3, -0.25) is 0 Å². The van der Waals surface area contributed by atoms with E-state index in [-0.39, 0.29) is 10.9 Å². The number of benzene rings is 2. The molecule has 0 saturated heterocycles. The Bertz CT molecular complexity index is 743. The van der Waals surface area contributed by atoms with Crippen molar-refractivity contribution in [2.45, 2.75) is 24.8 Å². The molecule has 4 nitrogen and oxygen atoms in total. The van der Waals surface area contributed by atoms with Gasteiger partial charge >= 0.3 is 0 Å². The lowest BCUT2D eigenvalue weighted by Crippen LogP contribution is -2.27. The molecule has 2 aromatic rings. The molecule has 0 bridgehead atoms. The molecule has 21 heavy (non-hydrogen) atoms. The zero-order valence-electron chi connectivity index (χ0n) is 11.8. The Kier molecular flexibility index (Phi) is 4.70. The van der Waals surface area contributed by atoms with Crippen LogP contribution in [0.4, 0.5) is 5.69 Å². The number of hydrogen-bond donors (Lipinski definition) is 2. The molecule has 1 atom stereocenters. The molecule has 0 heterocycles. The maximum absolute atomic E-state index is 12.4. The molecule has 0 saturated carbocycles. The van der Waals surface area contributed by atoms with Gasteiger partial charge in [-0.15, -0.1) is 0 Å². The largest absolute Gasteiger partial charge is 0.398 e. The highest BCUT2D eigenvalue weighted by Gasteiger charge is 2.18. The number of halogens is 1. The topological polar surface area (TPSA) is 72.2 Å². The fourth-order valence-electron chi connectivity index (χ4n) is 1.91. The molecular weight excluding hydrogens is 352 g/mol. The molecule has 0 aromatic heterocycles. The van der Waals surface area contributed by atoms with Crippen molar-refractivity contribution < 1.29 is 8.42 Å². The zero-order chi connectivity index (χ0) is 15.6. The monoisotopic (exact) mass is 368 g/mol. The van der Waals surface area contributed by atoms with Gasteiger partial charge in [0.25, 0.3) is 0 Å². The maximum Gasteiger partial charge on any atom is 0.241 e. The van der Waals surface area contributed by atoms with Crippen LogP contribution in [-0.2, 0) is 10.0 Å². The molecular formula is C15H17BrN2O2S. The smallest absolute Gasteiger partial charge is 0.241 e. The number of nitrogens with one attached hydrogen (secondary N) is 1. The molecule has 3 N–H and O–H groups in total. The van der Waals surface area contributed by atoms with Gasteiger partial charge < -0.3 is 5.73 Å². The SMILES string of the molecule is Cc1ccc(S(=O)(=O)N[C@@H](C)c2ccc(Br)cc2)cc1N. The summed E-state index contributed by atoms with van der Waals surface area (Å²) in [5.41, 5.74) is 7.99. The molecule has 2 aromatic carbocycles. The van der Waals surface area contributed by atoms with Gasteiger partial charge in [-0.2, -0.15) is 0 Å². The van der Waals surface area contributed by atoms with Gasteiger partial charge in [0.05, 0.1) is 4.90 Å². The Morgan fingerprint density at radius 1 is 1.14 bits per heavy atom. The molecule has 0 radical (unpaired) electrons. The summed E-state index contributed by atoms with van der Waals surface area (Å²) in [6, 6.07) is 11.9. The van der Waals surface area contributed by atoms with Crippen LogP contribution in [0.2, 0.25) is 0 Å². The molecule has 2 rings (SSSR count). The first-order valence-electron chi connectivity index (χ1n) is 6.43. The molecule has 6 heteroatoms. The van der Waals surface area contributed by atoms with Crippen molar-refractivity contribution in [1.29, 1.82) is 0 Å². The number of nitrogens with two attached hydrogens (primary N) is 1. The van der Waals surface area contributed by atoms with E-state index in [2.05, 4.69) is 20.7 Å². The van der Waals surface area contributed by atoms with E-state index in [9.17, 15) is 8.42 Å². The Balaban J connectivity index is 2.24. The van der Waals surface area contributed by atoms with Crippen molar-refractivity contribution >= 4 is 31.6 Å². The molecule has 0 spiro atoms. The average molecular weight is 369 g/mol. The third-order valence-corrected chi connectivity index (χ3v) is 5.33. The maximum atomic E-state index is 12.4. The standard InChI is InChI=1S/C15H17BrN2O2S/c1-10-3-8-14(9-15(10)17)21(19,20)18-11(2)12-4-6-13(16)7-5-12/h3-9,11,18H,17H2,1-2H3/t11-/m0/s1. The zero-order valence-corrected chi connectivity index (χ0v) is 14.2. The second kappa shape index (κ2) is 6.17. The predicted octanol–water partition coefficient (Wildman–Crippen LogP) is 3.38. The van der Waals surface area contributed by atoms with Crippen LogP contribution in [0.3, 0.4) is 0 Å². The average Bonchev–Trinajstić information content (AvgIpc) is 2.42. The molecule has 0 aliphatic rings. The first-order chi connectivity index (χ1) is 9.79. The Labute approximate surface area is 133 Å². The summed E-state index contributed by atoms with van der Waals surface area (Å²) in [5.74, 6) is 0. The summed E-state index contributed by atoms with van der Waals surface area (Å²) in [7, 11) is -3.60. The van der Waals surface area contributed by atoms with E-state index in [0.717, 1.165) is 15.6 Å². The summed E-state index contributed by atoms with van der Waals surface area (Å²) in [6.45, 7) is 3.64. The summed E-state index contributed by atoms with van der Waals surface area (Å²) in [4.78, 5) is 0.176. The second-order valence-electron chi connectivity index (χ2n) is 4.91. The van der Waals surface area contributed by atoms with Gasteiger partial charge in [0.2, 0.25) is 10.0 Å². The fourth-order valence-corrected chi connectivity index (χ4v) is 3.44. The minimum Gasteiger partial charge on any atom is -0.398 e. The summed E-state index contributed by atoms with van der Waals surface area (Å²) < 4.78 is 28.3. The van der Waals surface area contributed by atoms with Gasteiger partial charge in [-0.25, -0.2) is 13.1 Å². The third-order valence-electron chi connectivity index (χ3n) is 3.26. The van der Waals surface area contributed by atoms with Crippen LogP contribution < -0.4 is 10.5 Å². The highest BCUT2D eigenvalue weighted by atomic mass is 79.9. The van der Waals surface area contributed by atoms with Crippen molar-refractivity contribution in [2.24, 2.45) is 0 Å². The molecule has 0 unspecified atom stereocenters. The van der Waals surface area contributed by atoms with Gasteiger partial charge in [0, 0.05) is 16.2 Å². The van der Waals surface area contributed by atoms with Crippen LogP contribution >= 0.6 is 15.9 Å². The van der Waals surface area contributed by atoms with Crippen molar-refractivity contribution in [3.8, 4) is 0 Å². The van der Waals surface area contributed by atoms with Crippen LogP contribution in [0.1, 0.15) is 24.1 Å². The first-order valence-corrected chi connectivity index (χ1v) is 8.71. The lowest BCUT2D eigenvalue weighted by Gasteiger charge is -2.15. The van der Waals surface area contributed by atoms with Crippen LogP contribution in [-0.4, -0.2) is 8.42 Å². The van der Waals surface area contributed by atoms with Crippen molar-refractivity contribution in [3.63, 3.8) is 0 Å². The number of hydrogen-bond acceptors (Lipinski definition) is 3. The van der Waals surface area contributed by atoms with Crippen molar-refractivity contribution in [1.82, 2.24) is 4.72 Å². The predicted molar refractivity (Wildman–Crippen MR) is 88.5 cm³/mol. The molecule has 0 aliphatic carbocycles. The lowest BCUT2D eigenvalue weighted by atomic mass is 10.1. The van der Waals surface area contributed by atoms with Crippen molar-refractivity contribution in [2.75, 3.05) is 5.73 Å². The second-order valence-corrected chi connectivity index (χ2v) is 7.54. The molecule has 0 amide bonds. The minimum atomic E-state index is -3.60. The number of sulfonamides is 1.